The van der Waals surface area contributed by atoms with Crippen molar-refractivity contribution in [1.29, 1.82) is 0 Å². The summed E-state index contributed by atoms with van der Waals surface area (Å²) in [6.07, 6.45) is 0. The molecule has 1 atom stereocenters. The zero-order chi connectivity index (χ0) is 31.7. The monoisotopic (exact) mass is 620 g/mol. The normalized spacial score (nSPS) is 15.9. The highest BCUT2D eigenvalue weighted by molar-refractivity contribution is 7.22. The maximum absolute atomic E-state index is 13.8. The van der Waals surface area contributed by atoms with Crippen molar-refractivity contribution in [2.24, 2.45) is 0 Å². The highest BCUT2D eigenvalue weighted by Gasteiger charge is 2.48. The van der Waals surface area contributed by atoms with Gasteiger partial charge in [0, 0.05) is 5.56 Å². The molecule has 9 heteroatoms. The number of ether oxygens (including phenoxy) is 3. The van der Waals surface area contributed by atoms with Gasteiger partial charge in [-0.3, -0.25) is 14.5 Å². The van der Waals surface area contributed by atoms with E-state index in [1.54, 1.807) is 42.5 Å². The molecule has 1 saturated heterocycles. The molecule has 1 unspecified atom stereocenters. The first-order valence-corrected chi connectivity index (χ1v) is 15.4. The summed E-state index contributed by atoms with van der Waals surface area (Å²) in [5.41, 5.74) is 4.68. The smallest absolute Gasteiger partial charge is 0.301 e. The Balaban J connectivity index is 1.48. The number of aliphatic hydroxyl groups excluding tert-OH is 1. The van der Waals surface area contributed by atoms with Crippen LogP contribution in [0.5, 0.6) is 17.2 Å². The number of nitrogens with zero attached hydrogens (tertiary/aromatic N) is 2. The van der Waals surface area contributed by atoms with Gasteiger partial charge in [0.2, 0.25) is 0 Å². The fraction of sp³-hybridized carbons (Fsp3) is 0.194. The topological polar surface area (TPSA) is 98.2 Å². The summed E-state index contributed by atoms with van der Waals surface area (Å²) in [7, 11) is 1.53. The van der Waals surface area contributed by atoms with Crippen molar-refractivity contribution in [2.45, 2.75) is 33.4 Å². The van der Waals surface area contributed by atoms with Crippen LogP contribution in [0.25, 0.3) is 16.0 Å². The van der Waals surface area contributed by atoms with Crippen molar-refractivity contribution >= 4 is 44.1 Å². The molecule has 0 saturated carbocycles. The number of aryl methyl sites for hydroxylation is 2. The summed E-state index contributed by atoms with van der Waals surface area (Å²) >= 11 is 1.33. The number of amides is 1. The summed E-state index contributed by atoms with van der Waals surface area (Å²) in [5.74, 6) is -0.320. The summed E-state index contributed by atoms with van der Waals surface area (Å²) < 4.78 is 18.2. The first kappa shape index (κ1) is 29.9. The Bertz CT molecular complexity index is 1930. The van der Waals surface area contributed by atoms with Crippen LogP contribution >= 0.6 is 11.3 Å². The van der Waals surface area contributed by atoms with E-state index < -0.39 is 17.7 Å². The quantitative estimate of drug-likeness (QED) is 0.103. The number of rotatable bonds is 9. The Morgan fingerprint density at radius 1 is 0.933 bits per heavy atom. The van der Waals surface area contributed by atoms with Crippen molar-refractivity contribution in [3.8, 4) is 17.2 Å². The van der Waals surface area contributed by atoms with Gasteiger partial charge in [-0.05, 0) is 85.5 Å². The third-order valence-electron chi connectivity index (χ3n) is 7.65. The summed E-state index contributed by atoms with van der Waals surface area (Å²) in [5, 5.41) is 12.0. The minimum atomic E-state index is -0.976. The van der Waals surface area contributed by atoms with Crippen molar-refractivity contribution in [3.05, 3.63) is 118 Å². The number of thiazole rings is 1. The van der Waals surface area contributed by atoms with Crippen LogP contribution in [0.4, 0.5) is 5.13 Å². The fourth-order valence-electron chi connectivity index (χ4n) is 5.55. The second kappa shape index (κ2) is 12.5. The Kier molecular flexibility index (Phi) is 8.28. The molecule has 4 aromatic carbocycles. The van der Waals surface area contributed by atoms with Gasteiger partial charge < -0.3 is 19.3 Å². The molecule has 45 heavy (non-hydrogen) atoms. The van der Waals surface area contributed by atoms with Crippen LogP contribution < -0.4 is 19.1 Å². The lowest BCUT2D eigenvalue weighted by atomic mass is 9.95. The van der Waals surface area contributed by atoms with Gasteiger partial charge in [0.15, 0.2) is 16.6 Å². The second-order valence-electron chi connectivity index (χ2n) is 10.7. The van der Waals surface area contributed by atoms with Crippen LogP contribution in [0, 0.1) is 13.8 Å². The van der Waals surface area contributed by atoms with E-state index in [0.717, 1.165) is 26.9 Å². The minimum absolute atomic E-state index is 0.0451. The molecule has 0 bridgehead atoms. The highest BCUT2D eigenvalue weighted by atomic mass is 32.1. The molecule has 1 N–H and O–H groups in total. The summed E-state index contributed by atoms with van der Waals surface area (Å²) in [6.45, 7) is 6.67. The van der Waals surface area contributed by atoms with E-state index in [-0.39, 0.29) is 11.3 Å². The molecule has 0 radical (unpaired) electrons. The molecule has 0 aliphatic carbocycles. The number of Topliss-reactive ketones (excluding diaryl/α,β-unsaturated/α-hetero) is 1. The molecule has 1 aromatic heterocycles. The molecule has 6 rings (SSSR count). The zero-order valence-electron chi connectivity index (χ0n) is 25.4. The van der Waals surface area contributed by atoms with Crippen molar-refractivity contribution in [1.82, 2.24) is 4.98 Å². The number of ketones is 1. The minimum Gasteiger partial charge on any atom is -0.507 e. The number of hydrogen-bond donors (Lipinski definition) is 1. The molecule has 5 aromatic rings. The largest absolute Gasteiger partial charge is 0.507 e. The molecule has 1 aliphatic heterocycles. The van der Waals surface area contributed by atoms with Crippen LogP contribution in [0.3, 0.4) is 0 Å². The molecule has 0 spiro atoms. The Labute approximate surface area is 265 Å². The predicted octanol–water partition coefficient (Wildman–Crippen LogP) is 7.53. The van der Waals surface area contributed by atoms with E-state index in [1.165, 1.54) is 23.3 Å². The van der Waals surface area contributed by atoms with Crippen molar-refractivity contribution < 1.29 is 28.9 Å². The molecule has 2 heterocycles. The maximum atomic E-state index is 13.8. The van der Waals surface area contributed by atoms with Crippen LogP contribution in [-0.4, -0.2) is 35.5 Å². The fourth-order valence-corrected chi connectivity index (χ4v) is 6.72. The van der Waals surface area contributed by atoms with Gasteiger partial charge in [0.25, 0.3) is 5.78 Å². The number of aromatic nitrogens is 1. The second-order valence-corrected chi connectivity index (χ2v) is 11.7. The van der Waals surface area contributed by atoms with Crippen LogP contribution in [0.2, 0.25) is 0 Å². The van der Waals surface area contributed by atoms with Crippen molar-refractivity contribution in [3.63, 3.8) is 0 Å². The molecule has 1 fully saturated rings. The van der Waals surface area contributed by atoms with Gasteiger partial charge in [-0.25, -0.2) is 4.98 Å². The third kappa shape index (κ3) is 5.74. The number of anilines is 1. The van der Waals surface area contributed by atoms with Gasteiger partial charge in [0.05, 0.1) is 35.5 Å². The number of aliphatic hydroxyl groups is 1. The number of carbonyl (C=O) groups is 2. The van der Waals surface area contributed by atoms with Gasteiger partial charge in [-0.1, -0.05) is 53.8 Å². The Morgan fingerprint density at radius 3 is 2.40 bits per heavy atom. The lowest BCUT2D eigenvalue weighted by molar-refractivity contribution is -0.132. The Morgan fingerprint density at radius 2 is 1.69 bits per heavy atom. The zero-order valence-corrected chi connectivity index (χ0v) is 26.2. The highest BCUT2D eigenvalue weighted by Crippen LogP contribution is 2.46. The van der Waals surface area contributed by atoms with Gasteiger partial charge in [0.1, 0.15) is 18.1 Å². The van der Waals surface area contributed by atoms with Gasteiger partial charge in [-0.2, -0.15) is 0 Å². The number of hydrogen-bond acceptors (Lipinski definition) is 8. The number of benzene rings is 4. The van der Waals surface area contributed by atoms with Crippen LogP contribution in [0.15, 0.2) is 90.5 Å². The maximum Gasteiger partial charge on any atom is 0.301 e. The molecular formula is C36H32N2O6S. The van der Waals surface area contributed by atoms with Crippen LogP contribution in [-0.2, 0) is 16.2 Å². The molecule has 1 amide bonds. The summed E-state index contributed by atoms with van der Waals surface area (Å²) in [6, 6.07) is 24.8. The van der Waals surface area contributed by atoms with Gasteiger partial charge in [-0.15, -0.1) is 0 Å². The van der Waals surface area contributed by atoms with Gasteiger partial charge >= 0.3 is 5.91 Å². The standard InChI is InChI=1S/C36H32N2O6S/c1-5-43-26-14-11-24(12-15-26)33(39)30-32(25-13-16-27(28(19-25)42-4)44-20-23-9-7-6-8-10-23)38(35(41)34(30)40)36-37-31-22(3)17-21(2)18-29(31)45-36/h6-19,32,39H,5,20H2,1-4H3. The molecule has 1 aliphatic rings. The van der Waals surface area contributed by atoms with E-state index in [0.29, 0.717) is 46.7 Å². The first-order valence-electron chi connectivity index (χ1n) is 14.6. The first-order chi connectivity index (χ1) is 21.8. The van der Waals surface area contributed by atoms with Crippen molar-refractivity contribution in [2.75, 3.05) is 18.6 Å². The third-order valence-corrected chi connectivity index (χ3v) is 8.65. The van der Waals surface area contributed by atoms with Crippen LogP contribution in [0.1, 0.15) is 40.8 Å². The number of carbonyl (C=O) groups excluding carboxylic acids is 2. The molecule has 228 valence electrons. The Hall–Kier alpha value is -5.15. The predicted molar refractivity (Wildman–Crippen MR) is 175 cm³/mol. The van der Waals surface area contributed by atoms with E-state index >= 15 is 0 Å². The number of methoxy groups -OCH3 is 1. The molecule has 8 nitrogen and oxygen atoms in total. The van der Waals surface area contributed by atoms with E-state index in [1.807, 2.05) is 63.2 Å². The average molecular weight is 621 g/mol. The summed E-state index contributed by atoms with van der Waals surface area (Å²) in [4.78, 5) is 33.8. The van der Waals surface area contributed by atoms with E-state index in [9.17, 15) is 14.7 Å². The lowest BCUT2D eigenvalue weighted by Gasteiger charge is -2.24. The SMILES string of the molecule is CCOc1ccc(C(O)=C2C(=O)C(=O)N(c3nc4c(C)cc(C)cc4s3)C2c2ccc(OCc3ccccc3)c(OC)c2)cc1. The molecular weight excluding hydrogens is 588 g/mol. The lowest BCUT2D eigenvalue weighted by Crippen LogP contribution is -2.29. The average Bonchev–Trinajstić information content (AvgIpc) is 3.58. The van der Waals surface area contributed by atoms with E-state index in [4.69, 9.17) is 19.2 Å². The van der Waals surface area contributed by atoms with E-state index in [2.05, 4.69) is 0 Å². The number of fused-ring (bicyclic) bond motifs is 1.